The van der Waals surface area contributed by atoms with Gasteiger partial charge in [0, 0.05) is 12.6 Å². The maximum Gasteiger partial charge on any atom is 0.239 e. The minimum absolute atomic E-state index is 0.138. The van der Waals surface area contributed by atoms with Crippen molar-refractivity contribution in [2.75, 3.05) is 13.1 Å². The molecule has 3 heteroatoms. The fourth-order valence-electron chi connectivity index (χ4n) is 3.82. The van der Waals surface area contributed by atoms with E-state index in [1.54, 1.807) is 0 Å². The second-order valence-corrected chi connectivity index (χ2v) is 5.58. The lowest BCUT2D eigenvalue weighted by molar-refractivity contribution is -0.137. The molecule has 2 saturated heterocycles. The zero-order valence-electron chi connectivity index (χ0n) is 9.95. The molecule has 3 nitrogen and oxygen atoms in total. The third kappa shape index (κ3) is 1.75. The van der Waals surface area contributed by atoms with Gasteiger partial charge in [0.05, 0.1) is 6.04 Å². The number of hydrogen-bond acceptors (Lipinski definition) is 2. The first-order chi connectivity index (χ1) is 7.86. The van der Waals surface area contributed by atoms with E-state index >= 15 is 0 Å². The fraction of sp³-hybridized carbons (Fsp3) is 0.923. The zero-order valence-corrected chi connectivity index (χ0v) is 9.95. The van der Waals surface area contributed by atoms with Crippen LogP contribution in [0.1, 0.15) is 44.9 Å². The molecule has 16 heavy (non-hydrogen) atoms. The molecule has 3 rings (SSSR count). The van der Waals surface area contributed by atoms with E-state index in [0.29, 0.717) is 11.9 Å². The standard InChI is InChI=1S/C13H22N2O/c16-13(11-6-2-8-14-11)15-9-3-5-10-4-1-7-12(10)15/h10-12,14H,1-9H2. The Hall–Kier alpha value is -0.570. The van der Waals surface area contributed by atoms with Crippen molar-refractivity contribution in [1.82, 2.24) is 10.2 Å². The highest BCUT2D eigenvalue weighted by Gasteiger charge is 2.39. The van der Waals surface area contributed by atoms with Gasteiger partial charge in [-0.2, -0.15) is 0 Å². The zero-order chi connectivity index (χ0) is 11.0. The van der Waals surface area contributed by atoms with Gasteiger partial charge in [0.2, 0.25) is 5.91 Å². The number of piperidine rings is 1. The van der Waals surface area contributed by atoms with Gasteiger partial charge in [-0.1, -0.05) is 6.42 Å². The van der Waals surface area contributed by atoms with Crippen molar-refractivity contribution in [2.45, 2.75) is 57.0 Å². The second kappa shape index (κ2) is 4.36. The van der Waals surface area contributed by atoms with E-state index in [2.05, 4.69) is 10.2 Å². The third-order valence-corrected chi connectivity index (χ3v) is 4.63. The van der Waals surface area contributed by atoms with Gasteiger partial charge in [0.1, 0.15) is 0 Å². The number of rotatable bonds is 1. The number of fused-ring (bicyclic) bond motifs is 1. The molecule has 3 unspecified atom stereocenters. The van der Waals surface area contributed by atoms with Crippen LogP contribution in [0.4, 0.5) is 0 Å². The molecular weight excluding hydrogens is 200 g/mol. The molecule has 90 valence electrons. The first kappa shape index (κ1) is 10.6. The quantitative estimate of drug-likeness (QED) is 0.729. The topological polar surface area (TPSA) is 32.3 Å². The highest BCUT2D eigenvalue weighted by molar-refractivity contribution is 5.82. The van der Waals surface area contributed by atoms with Crippen molar-refractivity contribution >= 4 is 5.91 Å². The Morgan fingerprint density at radius 2 is 1.94 bits per heavy atom. The van der Waals surface area contributed by atoms with Gasteiger partial charge in [0.15, 0.2) is 0 Å². The maximum absolute atomic E-state index is 12.4. The highest BCUT2D eigenvalue weighted by Crippen LogP contribution is 2.37. The van der Waals surface area contributed by atoms with Crippen molar-refractivity contribution in [1.29, 1.82) is 0 Å². The van der Waals surface area contributed by atoms with Crippen LogP contribution in [-0.2, 0) is 4.79 Å². The SMILES string of the molecule is O=C(C1CCCN1)N1CCCC2CCCC21. The Kier molecular flexibility index (Phi) is 2.88. The number of nitrogens with one attached hydrogen (secondary N) is 1. The van der Waals surface area contributed by atoms with Crippen LogP contribution in [0.2, 0.25) is 0 Å². The molecule has 3 atom stereocenters. The molecule has 3 fully saturated rings. The maximum atomic E-state index is 12.4. The van der Waals surface area contributed by atoms with E-state index in [9.17, 15) is 4.79 Å². The number of likely N-dealkylation sites (tertiary alicyclic amines) is 1. The Morgan fingerprint density at radius 1 is 1.06 bits per heavy atom. The van der Waals surface area contributed by atoms with E-state index in [0.717, 1.165) is 25.4 Å². The Morgan fingerprint density at radius 3 is 2.75 bits per heavy atom. The lowest BCUT2D eigenvalue weighted by Crippen LogP contribution is -2.52. The van der Waals surface area contributed by atoms with Gasteiger partial charge in [-0.15, -0.1) is 0 Å². The van der Waals surface area contributed by atoms with E-state index < -0.39 is 0 Å². The number of nitrogens with zero attached hydrogens (tertiary/aromatic N) is 1. The summed E-state index contributed by atoms with van der Waals surface area (Å²) in [5.41, 5.74) is 0. The summed E-state index contributed by atoms with van der Waals surface area (Å²) in [7, 11) is 0. The number of carbonyl (C=O) groups is 1. The largest absolute Gasteiger partial charge is 0.338 e. The molecule has 0 bridgehead atoms. The van der Waals surface area contributed by atoms with Gasteiger partial charge >= 0.3 is 0 Å². The molecule has 1 aliphatic carbocycles. The molecule has 1 saturated carbocycles. The molecule has 3 aliphatic rings. The van der Waals surface area contributed by atoms with Gasteiger partial charge in [-0.05, 0) is 51.0 Å². The lowest BCUT2D eigenvalue weighted by Gasteiger charge is -2.39. The molecular formula is C13H22N2O. The van der Waals surface area contributed by atoms with E-state index in [-0.39, 0.29) is 6.04 Å². The number of amides is 1. The van der Waals surface area contributed by atoms with E-state index in [1.165, 1.54) is 38.5 Å². The van der Waals surface area contributed by atoms with Crippen LogP contribution in [0.5, 0.6) is 0 Å². The molecule has 1 amide bonds. The van der Waals surface area contributed by atoms with Gasteiger partial charge in [0.25, 0.3) is 0 Å². The van der Waals surface area contributed by atoms with Crippen LogP contribution >= 0.6 is 0 Å². The Labute approximate surface area is 97.6 Å². The van der Waals surface area contributed by atoms with Crippen molar-refractivity contribution < 1.29 is 4.79 Å². The highest BCUT2D eigenvalue weighted by atomic mass is 16.2. The summed E-state index contributed by atoms with van der Waals surface area (Å²) in [6, 6.07) is 0.725. The summed E-state index contributed by atoms with van der Waals surface area (Å²) in [5, 5.41) is 3.34. The molecule has 1 N–H and O–H groups in total. The predicted octanol–water partition coefficient (Wildman–Crippen LogP) is 1.53. The smallest absolute Gasteiger partial charge is 0.239 e. The molecule has 2 heterocycles. The first-order valence-electron chi connectivity index (χ1n) is 6.90. The third-order valence-electron chi connectivity index (χ3n) is 4.63. The van der Waals surface area contributed by atoms with Crippen LogP contribution in [0, 0.1) is 5.92 Å². The van der Waals surface area contributed by atoms with Crippen LogP contribution < -0.4 is 5.32 Å². The monoisotopic (exact) mass is 222 g/mol. The summed E-state index contributed by atoms with van der Waals surface area (Å²) in [5.74, 6) is 1.22. The molecule has 0 aromatic heterocycles. The Balaban J connectivity index is 1.70. The van der Waals surface area contributed by atoms with Crippen molar-refractivity contribution in [3.8, 4) is 0 Å². The lowest BCUT2D eigenvalue weighted by atomic mass is 9.91. The normalized spacial score (nSPS) is 38.8. The van der Waals surface area contributed by atoms with Gasteiger partial charge in [-0.3, -0.25) is 4.79 Å². The average molecular weight is 222 g/mol. The van der Waals surface area contributed by atoms with Gasteiger partial charge < -0.3 is 10.2 Å². The summed E-state index contributed by atoms with van der Waals surface area (Å²) < 4.78 is 0. The summed E-state index contributed by atoms with van der Waals surface area (Å²) >= 11 is 0. The minimum atomic E-state index is 0.138. The molecule has 2 aliphatic heterocycles. The summed E-state index contributed by atoms with van der Waals surface area (Å²) in [6.07, 6.45) is 8.73. The van der Waals surface area contributed by atoms with Crippen LogP contribution in [0.3, 0.4) is 0 Å². The molecule has 0 spiro atoms. The van der Waals surface area contributed by atoms with Crippen molar-refractivity contribution in [3.63, 3.8) is 0 Å². The number of carbonyl (C=O) groups excluding carboxylic acids is 1. The van der Waals surface area contributed by atoms with Gasteiger partial charge in [-0.25, -0.2) is 0 Å². The first-order valence-corrected chi connectivity index (χ1v) is 6.90. The van der Waals surface area contributed by atoms with Crippen molar-refractivity contribution in [3.05, 3.63) is 0 Å². The van der Waals surface area contributed by atoms with Crippen LogP contribution in [0.25, 0.3) is 0 Å². The molecule has 0 radical (unpaired) electrons. The minimum Gasteiger partial charge on any atom is -0.338 e. The summed E-state index contributed by atoms with van der Waals surface area (Å²) in [4.78, 5) is 14.6. The van der Waals surface area contributed by atoms with Crippen LogP contribution in [0.15, 0.2) is 0 Å². The van der Waals surface area contributed by atoms with E-state index in [4.69, 9.17) is 0 Å². The van der Waals surface area contributed by atoms with E-state index in [1.807, 2.05) is 0 Å². The number of hydrogen-bond donors (Lipinski definition) is 1. The van der Waals surface area contributed by atoms with Crippen LogP contribution in [-0.4, -0.2) is 36.0 Å². The van der Waals surface area contributed by atoms with Crippen molar-refractivity contribution in [2.24, 2.45) is 5.92 Å². The molecule has 0 aromatic carbocycles. The predicted molar refractivity (Wildman–Crippen MR) is 63.1 cm³/mol. The second-order valence-electron chi connectivity index (χ2n) is 5.58. The average Bonchev–Trinajstić information content (AvgIpc) is 2.98. The molecule has 0 aromatic rings. The Bertz CT molecular complexity index is 273. The fourth-order valence-corrected chi connectivity index (χ4v) is 3.82. The summed E-state index contributed by atoms with van der Waals surface area (Å²) in [6.45, 7) is 2.04.